The Morgan fingerprint density at radius 1 is 1.14 bits per heavy atom. The number of ether oxygens (including phenoxy) is 2. The number of carbonyl (C=O) groups excluding carboxylic acids is 2. The third kappa shape index (κ3) is 5.65. The second-order valence-corrected chi connectivity index (χ2v) is 6.48. The van der Waals surface area contributed by atoms with Gasteiger partial charge in [-0.05, 0) is 36.8 Å². The van der Waals surface area contributed by atoms with Crippen LogP contribution in [-0.2, 0) is 22.7 Å². The van der Waals surface area contributed by atoms with E-state index in [0.717, 1.165) is 11.1 Å². The molecule has 0 aliphatic rings. The van der Waals surface area contributed by atoms with Gasteiger partial charge in [0.25, 0.3) is 0 Å². The molecule has 0 saturated carbocycles. The topological polar surface area (TPSA) is 70.4 Å². The fraction of sp³-hybridized carbons (Fsp3) is 0.174. The molecule has 3 aromatic rings. The van der Waals surface area contributed by atoms with Crippen LogP contribution in [0.1, 0.15) is 34.0 Å². The van der Waals surface area contributed by atoms with Crippen molar-refractivity contribution in [3.63, 3.8) is 0 Å². The second kappa shape index (κ2) is 9.50. The van der Waals surface area contributed by atoms with Crippen molar-refractivity contribution in [1.29, 1.82) is 0 Å². The maximum absolute atomic E-state index is 12.1. The summed E-state index contributed by atoms with van der Waals surface area (Å²) in [5.74, 6) is 0.0118. The predicted molar refractivity (Wildman–Crippen MR) is 110 cm³/mol. The summed E-state index contributed by atoms with van der Waals surface area (Å²) in [6.45, 7) is 2.16. The fourth-order valence-electron chi connectivity index (χ4n) is 2.79. The highest BCUT2D eigenvalue weighted by molar-refractivity contribution is 5.94. The van der Waals surface area contributed by atoms with Gasteiger partial charge in [-0.1, -0.05) is 30.3 Å². The Morgan fingerprint density at radius 2 is 1.93 bits per heavy atom. The summed E-state index contributed by atoms with van der Waals surface area (Å²) in [4.78, 5) is 23.6. The van der Waals surface area contributed by atoms with E-state index in [1.54, 1.807) is 35.2 Å². The maximum atomic E-state index is 12.1. The van der Waals surface area contributed by atoms with Crippen LogP contribution in [0.5, 0.6) is 5.75 Å². The zero-order valence-electron chi connectivity index (χ0n) is 16.4. The van der Waals surface area contributed by atoms with Gasteiger partial charge in [-0.15, -0.1) is 0 Å². The van der Waals surface area contributed by atoms with Crippen molar-refractivity contribution < 1.29 is 19.1 Å². The van der Waals surface area contributed by atoms with Gasteiger partial charge in [0.1, 0.15) is 12.4 Å². The average molecular weight is 390 g/mol. The molecule has 0 spiro atoms. The van der Waals surface area contributed by atoms with Gasteiger partial charge in [-0.3, -0.25) is 9.48 Å². The molecule has 148 valence electrons. The second-order valence-electron chi connectivity index (χ2n) is 6.48. The number of rotatable bonds is 8. The molecule has 0 aliphatic carbocycles. The number of nitrogens with zero attached hydrogens (tertiary/aromatic N) is 2. The predicted octanol–water partition coefficient (Wildman–Crippen LogP) is 3.90. The van der Waals surface area contributed by atoms with Crippen LogP contribution < -0.4 is 4.74 Å². The van der Waals surface area contributed by atoms with E-state index >= 15 is 0 Å². The molecule has 0 radical (unpaired) electrons. The van der Waals surface area contributed by atoms with E-state index in [4.69, 9.17) is 9.47 Å². The monoisotopic (exact) mass is 390 g/mol. The van der Waals surface area contributed by atoms with Gasteiger partial charge >= 0.3 is 5.97 Å². The Bertz CT molecular complexity index is 1020. The van der Waals surface area contributed by atoms with E-state index in [0.29, 0.717) is 23.4 Å². The Kier molecular flexibility index (Phi) is 6.58. The third-order valence-corrected chi connectivity index (χ3v) is 4.31. The summed E-state index contributed by atoms with van der Waals surface area (Å²) in [5, 5.41) is 4.30. The number of hydrogen-bond donors (Lipinski definition) is 0. The van der Waals surface area contributed by atoms with Crippen molar-refractivity contribution in [3.05, 3.63) is 89.3 Å². The number of hydrogen-bond acceptors (Lipinski definition) is 5. The molecular formula is C23H22N2O4. The molecule has 0 aliphatic heterocycles. The standard InChI is InChI=1S/C23H22N2O4/c1-17(26)20-9-10-22(28-2)21(12-20)16-29-23(27)11-8-19-13-24-25(15-19)14-18-6-4-3-5-7-18/h3-13,15H,14,16H2,1-2H3/b11-8+. The van der Waals surface area contributed by atoms with E-state index in [1.807, 2.05) is 36.5 Å². The zero-order valence-corrected chi connectivity index (χ0v) is 16.4. The highest BCUT2D eigenvalue weighted by Crippen LogP contribution is 2.21. The minimum absolute atomic E-state index is 0.0146. The van der Waals surface area contributed by atoms with Crippen molar-refractivity contribution in [2.24, 2.45) is 0 Å². The molecule has 3 rings (SSSR count). The van der Waals surface area contributed by atoms with Crippen LogP contribution in [0.4, 0.5) is 0 Å². The van der Waals surface area contributed by atoms with Gasteiger partial charge in [-0.25, -0.2) is 4.79 Å². The maximum Gasteiger partial charge on any atom is 0.331 e. The van der Waals surface area contributed by atoms with E-state index in [1.165, 1.54) is 20.1 Å². The highest BCUT2D eigenvalue weighted by atomic mass is 16.5. The zero-order chi connectivity index (χ0) is 20.6. The lowest BCUT2D eigenvalue weighted by Crippen LogP contribution is -2.04. The van der Waals surface area contributed by atoms with Crippen LogP contribution in [0.15, 0.2) is 67.0 Å². The minimum atomic E-state index is -0.490. The molecule has 0 saturated heterocycles. The molecule has 0 unspecified atom stereocenters. The Hall–Kier alpha value is -3.67. The van der Waals surface area contributed by atoms with E-state index < -0.39 is 5.97 Å². The van der Waals surface area contributed by atoms with Gasteiger partial charge in [-0.2, -0.15) is 5.10 Å². The fourth-order valence-corrected chi connectivity index (χ4v) is 2.79. The summed E-state index contributed by atoms with van der Waals surface area (Å²) in [7, 11) is 1.53. The minimum Gasteiger partial charge on any atom is -0.496 e. The molecule has 1 heterocycles. The number of esters is 1. The van der Waals surface area contributed by atoms with E-state index in [2.05, 4.69) is 5.10 Å². The van der Waals surface area contributed by atoms with Gasteiger partial charge < -0.3 is 9.47 Å². The van der Waals surface area contributed by atoms with Crippen molar-refractivity contribution in [2.75, 3.05) is 7.11 Å². The molecule has 6 nitrogen and oxygen atoms in total. The highest BCUT2D eigenvalue weighted by Gasteiger charge is 2.09. The number of Topliss-reactive ketones (excluding diaryl/α,β-unsaturated/α-hetero) is 1. The van der Waals surface area contributed by atoms with Crippen LogP contribution in [0, 0.1) is 0 Å². The molecule has 1 aromatic heterocycles. The van der Waals surface area contributed by atoms with Crippen LogP contribution in [-0.4, -0.2) is 28.6 Å². The quantitative estimate of drug-likeness (QED) is 0.331. The van der Waals surface area contributed by atoms with Gasteiger partial charge in [0, 0.05) is 29.0 Å². The smallest absolute Gasteiger partial charge is 0.331 e. The molecule has 2 aromatic carbocycles. The molecule has 0 fully saturated rings. The Labute approximate surface area is 169 Å². The molecule has 0 amide bonds. The first-order chi connectivity index (χ1) is 14.0. The summed E-state index contributed by atoms with van der Waals surface area (Å²) in [5.41, 5.74) is 3.12. The van der Waals surface area contributed by atoms with Crippen LogP contribution >= 0.6 is 0 Å². The van der Waals surface area contributed by atoms with E-state index in [-0.39, 0.29) is 12.4 Å². The first-order valence-corrected chi connectivity index (χ1v) is 9.14. The molecular weight excluding hydrogens is 368 g/mol. The first kappa shape index (κ1) is 20.1. The summed E-state index contributed by atoms with van der Waals surface area (Å²) in [6, 6.07) is 15.0. The number of benzene rings is 2. The number of carbonyl (C=O) groups is 2. The third-order valence-electron chi connectivity index (χ3n) is 4.31. The molecule has 29 heavy (non-hydrogen) atoms. The van der Waals surface area contributed by atoms with Crippen molar-refractivity contribution in [2.45, 2.75) is 20.1 Å². The molecule has 0 atom stereocenters. The number of aromatic nitrogens is 2. The van der Waals surface area contributed by atoms with Gasteiger partial charge in [0.15, 0.2) is 5.78 Å². The lowest BCUT2D eigenvalue weighted by Gasteiger charge is -2.09. The Morgan fingerprint density at radius 3 is 2.66 bits per heavy atom. The largest absolute Gasteiger partial charge is 0.496 e. The summed E-state index contributed by atoms with van der Waals surface area (Å²) >= 11 is 0. The van der Waals surface area contributed by atoms with E-state index in [9.17, 15) is 9.59 Å². The summed E-state index contributed by atoms with van der Waals surface area (Å²) < 4.78 is 12.4. The van der Waals surface area contributed by atoms with Crippen LogP contribution in [0.3, 0.4) is 0 Å². The normalized spacial score (nSPS) is 10.8. The molecule has 0 N–H and O–H groups in total. The number of methoxy groups -OCH3 is 1. The number of ketones is 1. The Balaban J connectivity index is 1.58. The average Bonchev–Trinajstić information content (AvgIpc) is 3.18. The first-order valence-electron chi connectivity index (χ1n) is 9.14. The van der Waals surface area contributed by atoms with Gasteiger partial charge in [0.2, 0.25) is 0 Å². The lowest BCUT2D eigenvalue weighted by atomic mass is 10.1. The van der Waals surface area contributed by atoms with Crippen molar-refractivity contribution in [1.82, 2.24) is 9.78 Å². The SMILES string of the molecule is COc1ccc(C(C)=O)cc1COC(=O)/C=C/c1cnn(Cc2ccccc2)c1. The van der Waals surface area contributed by atoms with Crippen molar-refractivity contribution >= 4 is 17.8 Å². The van der Waals surface area contributed by atoms with Crippen molar-refractivity contribution in [3.8, 4) is 5.75 Å². The van der Waals surface area contributed by atoms with Crippen LogP contribution in [0.2, 0.25) is 0 Å². The molecule has 0 bridgehead atoms. The summed E-state index contributed by atoms with van der Waals surface area (Å²) in [6.07, 6.45) is 6.55. The molecule has 6 heteroatoms. The van der Waals surface area contributed by atoms with Crippen LogP contribution in [0.25, 0.3) is 6.08 Å². The lowest BCUT2D eigenvalue weighted by molar-refractivity contribution is -0.138. The van der Waals surface area contributed by atoms with Gasteiger partial charge in [0.05, 0.1) is 19.9 Å².